The lowest BCUT2D eigenvalue weighted by molar-refractivity contribution is -0.000233. The van der Waals surface area contributed by atoms with E-state index >= 15 is 0 Å². The van der Waals surface area contributed by atoms with Crippen LogP contribution in [0.25, 0.3) is 10.9 Å². The van der Waals surface area contributed by atoms with Gasteiger partial charge in [-0.1, -0.05) is 30.3 Å². The monoisotopic (exact) mass is 552 g/mol. The zero-order valence-corrected chi connectivity index (χ0v) is 23.4. The fourth-order valence-electron chi connectivity index (χ4n) is 6.76. The quantitative estimate of drug-likeness (QED) is 0.348. The number of hydrogen-bond acceptors (Lipinski definition) is 9. The predicted molar refractivity (Wildman–Crippen MR) is 157 cm³/mol. The highest BCUT2D eigenvalue weighted by atomic mass is 16.5. The number of nitrogens with one attached hydrogen (secondary N) is 1. The van der Waals surface area contributed by atoms with Crippen LogP contribution in [0.5, 0.6) is 11.5 Å². The van der Waals surface area contributed by atoms with Gasteiger partial charge in [0, 0.05) is 62.4 Å². The highest BCUT2D eigenvalue weighted by molar-refractivity contribution is 5.92. The van der Waals surface area contributed by atoms with Gasteiger partial charge in [-0.2, -0.15) is 0 Å². The van der Waals surface area contributed by atoms with Crippen molar-refractivity contribution < 1.29 is 14.2 Å². The number of hydrogen-bond donors (Lipinski definition) is 1. The van der Waals surface area contributed by atoms with E-state index in [4.69, 9.17) is 29.2 Å². The van der Waals surface area contributed by atoms with E-state index in [0.29, 0.717) is 42.5 Å². The van der Waals surface area contributed by atoms with Crippen molar-refractivity contribution in [2.24, 2.45) is 11.8 Å². The molecular weight excluding hydrogens is 516 g/mol. The number of methoxy groups -OCH3 is 1. The summed E-state index contributed by atoms with van der Waals surface area (Å²) in [5, 5.41) is 4.33. The maximum Gasteiger partial charge on any atom is 0.162 e. The van der Waals surface area contributed by atoms with Crippen LogP contribution in [-0.4, -0.2) is 72.5 Å². The fourth-order valence-corrected chi connectivity index (χ4v) is 6.76. The number of ether oxygens (including phenoxy) is 3. The number of anilines is 1. The highest BCUT2D eigenvalue weighted by Gasteiger charge is 2.44. The Balaban J connectivity index is 1.09. The average Bonchev–Trinajstić information content (AvgIpc) is 3.29. The molecule has 0 radical (unpaired) electrons. The molecule has 0 spiro atoms. The molecule has 3 aliphatic rings. The van der Waals surface area contributed by atoms with Gasteiger partial charge in [-0.05, 0) is 41.9 Å². The summed E-state index contributed by atoms with van der Waals surface area (Å²) in [6, 6.07) is 14.5. The lowest BCUT2D eigenvalue weighted by Gasteiger charge is -2.38. The minimum atomic E-state index is 0.0138. The van der Waals surface area contributed by atoms with Crippen molar-refractivity contribution in [2.75, 3.05) is 51.4 Å². The second-order valence-electron chi connectivity index (χ2n) is 11.4. The van der Waals surface area contributed by atoms with Gasteiger partial charge in [-0.25, -0.2) is 19.9 Å². The van der Waals surface area contributed by atoms with Gasteiger partial charge in [-0.15, -0.1) is 0 Å². The first-order valence-electron chi connectivity index (χ1n) is 14.6. The molecule has 2 aromatic heterocycles. The van der Waals surface area contributed by atoms with Gasteiger partial charge in [0.25, 0.3) is 0 Å². The molecule has 3 unspecified atom stereocenters. The molecule has 9 heteroatoms. The number of nitrogens with zero attached hydrogens (tertiary/aromatic N) is 5. The number of aromatic nitrogens is 4. The molecule has 9 nitrogen and oxygen atoms in total. The zero-order chi connectivity index (χ0) is 27.6. The number of piperidine rings is 1. The molecule has 2 saturated heterocycles. The number of benzene rings is 2. The maximum atomic E-state index is 6.21. The van der Waals surface area contributed by atoms with E-state index in [1.165, 1.54) is 18.4 Å². The maximum absolute atomic E-state index is 6.21. The Hall–Kier alpha value is -3.82. The molecule has 1 aliphatic carbocycles. The molecular formula is C32H36N6O3. The second kappa shape index (κ2) is 11.6. The van der Waals surface area contributed by atoms with Crippen LogP contribution in [0.3, 0.4) is 0 Å². The summed E-state index contributed by atoms with van der Waals surface area (Å²) in [5.74, 6) is 4.65. The van der Waals surface area contributed by atoms with Crippen molar-refractivity contribution in [3.8, 4) is 11.5 Å². The van der Waals surface area contributed by atoms with E-state index in [1.807, 2.05) is 30.6 Å². The van der Waals surface area contributed by atoms with Crippen LogP contribution in [0.4, 0.5) is 5.82 Å². The van der Waals surface area contributed by atoms with Gasteiger partial charge < -0.3 is 24.4 Å². The fraction of sp³-hybridized carbons (Fsp3) is 0.438. The third-order valence-electron chi connectivity index (χ3n) is 8.74. The van der Waals surface area contributed by atoms with Crippen molar-refractivity contribution >= 4 is 16.7 Å². The zero-order valence-electron chi connectivity index (χ0n) is 23.4. The summed E-state index contributed by atoms with van der Waals surface area (Å²) < 4.78 is 17.7. The molecule has 2 aromatic carbocycles. The van der Waals surface area contributed by atoms with Gasteiger partial charge in [0.2, 0.25) is 0 Å². The van der Waals surface area contributed by atoms with E-state index < -0.39 is 0 Å². The Morgan fingerprint density at radius 2 is 1.76 bits per heavy atom. The first-order valence-corrected chi connectivity index (χ1v) is 14.6. The largest absolute Gasteiger partial charge is 0.493 e. The summed E-state index contributed by atoms with van der Waals surface area (Å²) in [5.41, 5.74) is 3.28. The summed E-state index contributed by atoms with van der Waals surface area (Å²) in [6.07, 6.45) is 8.92. The van der Waals surface area contributed by atoms with Gasteiger partial charge >= 0.3 is 0 Å². The van der Waals surface area contributed by atoms with Crippen molar-refractivity contribution in [1.29, 1.82) is 0 Å². The smallest absolute Gasteiger partial charge is 0.162 e. The molecule has 2 bridgehead atoms. The molecule has 1 saturated carbocycles. The minimum Gasteiger partial charge on any atom is -0.493 e. The highest BCUT2D eigenvalue weighted by Crippen LogP contribution is 2.48. The van der Waals surface area contributed by atoms with Crippen molar-refractivity contribution in [2.45, 2.75) is 31.3 Å². The van der Waals surface area contributed by atoms with Crippen LogP contribution >= 0.6 is 0 Å². The van der Waals surface area contributed by atoms with Gasteiger partial charge in [-0.3, -0.25) is 0 Å². The van der Waals surface area contributed by atoms with Crippen molar-refractivity contribution in [3.05, 3.63) is 78.1 Å². The van der Waals surface area contributed by atoms with E-state index in [0.717, 1.165) is 60.7 Å². The van der Waals surface area contributed by atoms with Crippen LogP contribution in [0, 0.1) is 11.8 Å². The standard InChI is InChI=1S/C32H36N6O3/c1-39-28-13-27-26(12-29(28)41-19-25-16-33-9-10-40-25)32(37-20-36-27)38-17-23-7-8-24(18-38)30(23)31-34-14-22(15-35-31)11-21-5-3-2-4-6-21/h2-6,12-15,20,23-25,30,33H,7-11,16-19H2,1H3. The third-order valence-corrected chi connectivity index (χ3v) is 8.74. The Morgan fingerprint density at radius 3 is 2.49 bits per heavy atom. The van der Waals surface area contributed by atoms with Gasteiger partial charge in [0.1, 0.15) is 30.7 Å². The van der Waals surface area contributed by atoms with Crippen molar-refractivity contribution in [1.82, 2.24) is 25.3 Å². The van der Waals surface area contributed by atoms with Crippen LogP contribution in [-0.2, 0) is 11.2 Å². The lowest BCUT2D eigenvalue weighted by atomic mass is 9.84. The number of morpholine rings is 1. The van der Waals surface area contributed by atoms with Gasteiger partial charge in [0.05, 0.1) is 19.2 Å². The van der Waals surface area contributed by atoms with E-state index in [1.54, 1.807) is 13.4 Å². The van der Waals surface area contributed by atoms with E-state index in [-0.39, 0.29) is 6.10 Å². The topological polar surface area (TPSA) is 94.5 Å². The Bertz CT molecular complexity index is 1460. The first-order chi connectivity index (χ1) is 20.2. The molecule has 1 N–H and O–H groups in total. The van der Waals surface area contributed by atoms with Crippen LogP contribution in [0.15, 0.2) is 61.2 Å². The summed E-state index contributed by atoms with van der Waals surface area (Å²) in [6.45, 7) is 4.65. The molecule has 41 heavy (non-hydrogen) atoms. The van der Waals surface area contributed by atoms with Crippen LogP contribution in [0.2, 0.25) is 0 Å². The summed E-state index contributed by atoms with van der Waals surface area (Å²) >= 11 is 0. The SMILES string of the molecule is COc1cc2ncnc(N3CC4CCC(C3)C4c3ncc(Cc4ccccc4)cn3)c2cc1OCC1CNCCO1. The molecule has 2 aliphatic heterocycles. The number of fused-ring (bicyclic) bond motifs is 3. The Labute approximate surface area is 240 Å². The first kappa shape index (κ1) is 26.1. The molecule has 212 valence electrons. The van der Waals surface area contributed by atoms with E-state index in [2.05, 4.69) is 39.5 Å². The molecule has 7 rings (SSSR count). The third kappa shape index (κ3) is 5.44. The molecule has 4 aromatic rings. The predicted octanol–water partition coefficient (Wildman–Crippen LogP) is 4.02. The second-order valence-corrected chi connectivity index (χ2v) is 11.4. The average molecular weight is 553 g/mol. The molecule has 3 fully saturated rings. The lowest BCUT2D eigenvalue weighted by Crippen LogP contribution is -2.42. The van der Waals surface area contributed by atoms with E-state index in [9.17, 15) is 0 Å². The Morgan fingerprint density at radius 1 is 0.951 bits per heavy atom. The molecule has 0 amide bonds. The van der Waals surface area contributed by atoms with Gasteiger partial charge in [0.15, 0.2) is 11.5 Å². The normalized spacial score (nSPS) is 24.0. The van der Waals surface area contributed by atoms with Crippen LogP contribution < -0.4 is 19.7 Å². The number of rotatable bonds is 8. The van der Waals surface area contributed by atoms with Crippen molar-refractivity contribution in [3.63, 3.8) is 0 Å². The van der Waals surface area contributed by atoms with Crippen LogP contribution in [0.1, 0.15) is 35.7 Å². The Kier molecular flexibility index (Phi) is 7.37. The summed E-state index contributed by atoms with van der Waals surface area (Å²) in [7, 11) is 1.66. The molecule has 4 heterocycles. The summed E-state index contributed by atoms with van der Waals surface area (Å²) in [4.78, 5) is 21.5. The molecule has 3 atom stereocenters. The minimum absolute atomic E-state index is 0.0138.